The van der Waals surface area contributed by atoms with Gasteiger partial charge in [-0.3, -0.25) is 9.69 Å². The van der Waals surface area contributed by atoms with Crippen molar-refractivity contribution in [2.45, 2.75) is 13.5 Å². The molecule has 0 atom stereocenters. The number of hydrogen-bond acceptors (Lipinski definition) is 5. The Morgan fingerprint density at radius 1 is 0.966 bits per heavy atom. The van der Waals surface area contributed by atoms with Gasteiger partial charge in [0.1, 0.15) is 5.69 Å². The Morgan fingerprint density at radius 3 is 2.45 bits per heavy atom. The molecule has 4 rings (SSSR count). The topological polar surface area (TPSA) is 61.4 Å². The van der Waals surface area contributed by atoms with E-state index in [9.17, 15) is 4.79 Å². The molecule has 0 bridgehead atoms. The summed E-state index contributed by atoms with van der Waals surface area (Å²) in [5.41, 5.74) is 3.52. The molecule has 1 aliphatic rings. The van der Waals surface area contributed by atoms with Crippen molar-refractivity contribution in [3.8, 4) is 0 Å². The molecule has 1 aromatic heterocycles. The van der Waals surface area contributed by atoms with Crippen molar-refractivity contribution in [3.05, 3.63) is 83.7 Å². The highest BCUT2D eigenvalue weighted by Gasteiger charge is 2.20. The number of nitrogens with zero attached hydrogens (tertiary/aromatic N) is 4. The Hall–Kier alpha value is -3.25. The number of amides is 1. The first kappa shape index (κ1) is 19.1. The van der Waals surface area contributed by atoms with Crippen LogP contribution in [0.5, 0.6) is 0 Å². The first-order valence-electron chi connectivity index (χ1n) is 9.90. The number of rotatable bonds is 5. The van der Waals surface area contributed by atoms with Crippen molar-refractivity contribution < 1.29 is 4.79 Å². The smallest absolute Gasteiger partial charge is 0.274 e. The van der Waals surface area contributed by atoms with Gasteiger partial charge in [0, 0.05) is 44.6 Å². The summed E-state index contributed by atoms with van der Waals surface area (Å²) in [6.07, 6.45) is 1.66. The van der Waals surface area contributed by atoms with Crippen LogP contribution in [0.25, 0.3) is 0 Å². The van der Waals surface area contributed by atoms with Crippen LogP contribution < -0.4 is 10.2 Å². The Morgan fingerprint density at radius 2 is 1.69 bits per heavy atom. The van der Waals surface area contributed by atoms with E-state index in [1.165, 1.54) is 5.56 Å². The molecule has 0 spiro atoms. The Bertz CT molecular complexity index is 968. The maximum Gasteiger partial charge on any atom is 0.274 e. The minimum Gasteiger partial charge on any atom is -0.338 e. The predicted octanol–water partition coefficient (Wildman–Crippen LogP) is 3.36. The standard InChI is InChI=1S/C23H25N5O/c1-18-7-5-6-10-20(18)25-22(29)21-11-12-24-23(26-21)28-15-13-27(14-16-28)17-19-8-3-2-4-9-19/h2-12H,13-17H2,1H3,(H,25,29). The van der Waals surface area contributed by atoms with Gasteiger partial charge in [-0.25, -0.2) is 9.97 Å². The van der Waals surface area contributed by atoms with Gasteiger partial charge in [0.15, 0.2) is 0 Å². The Kier molecular flexibility index (Phi) is 5.81. The van der Waals surface area contributed by atoms with E-state index >= 15 is 0 Å². The van der Waals surface area contributed by atoms with E-state index in [4.69, 9.17) is 0 Å². The van der Waals surface area contributed by atoms with E-state index in [0.717, 1.165) is 44.0 Å². The molecule has 6 heteroatoms. The van der Waals surface area contributed by atoms with Gasteiger partial charge in [0.2, 0.25) is 5.95 Å². The zero-order valence-corrected chi connectivity index (χ0v) is 16.6. The predicted molar refractivity (Wildman–Crippen MR) is 115 cm³/mol. The molecule has 6 nitrogen and oxygen atoms in total. The van der Waals surface area contributed by atoms with Gasteiger partial charge in [0.05, 0.1) is 0 Å². The number of anilines is 2. The molecule has 0 radical (unpaired) electrons. The van der Waals surface area contributed by atoms with Crippen molar-refractivity contribution in [3.63, 3.8) is 0 Å². The highest BCUT2D eigenvalue weighted by molar-refractivity contribution is 6.03. The number of hydrogen-bond donors (Lipinski definition) is 1. The molecule has 148 valence electrons. The summed E-state index contributed by atoms with van der Waals surface area (Å²) in [7, 11) is 0. The lowest BCUT2D eigenvalue weighted by molar-refractivity contribution is 0.102. The van der Waals surface area contributed by atoms with Crippen molar-refractivity contribution in [2.24, 2.45) is 0 Å². The monoisotopic (exact) mass is 387 g/mol. The van der Waals surface area contributed by atoms with Crippen LogP contribution in [-0.4, -0.2) is 47.0 Å². The molecule has 1 N–H and O–H groups in total. The first-order chi connectivity index (χ1) is 14.2. The zero-order valence-electron chi connectivity index (χ0n) is 16.6. The maximum atomic E-state index is 12.6. The van der Waals surface area contributed by atoms with Crippen molar-refractivity contribution in [1.29, 1.82) is 0 Å². The van der Waals surface area contributed by atoms with E-state index in [1.54, 1.807) is 12.3 Å². The summed E-state index contributed by atoms with van der Waals surface area (Å²) in [4.78, 5) is 26.1. The molecular weight excluding hydrogens is 362 g/mol. The van der Waals surface area contributed by atoms with Gasteiger partial charge < -0.3 is 10.2 Å². The van der Waals surface area contributed by atoms with Gasteiger partial charge >= 0.3 is 0 Å². The number of aromatic nitrogens is 2. The fourth-order valence-electron chi connectivity index (χ4n) is 3.47. The summed E-state index contributed by atoms with van der Waals surface area (Å²) in [6.45, 7) is 6.49. The molecule has 0 aliphatic carbocycles. The average molecular weight is 387 g/mol. The first-order valence-corrected chi connectivity index (χ1v) is 9.90. The molecule has 3 aromatic rings. The van der Waals surface area contributed by atoms with E-state index in [2.05, 4.69) is 49.4 Å². The number of aryl methyl sites for hydroxylation is 1. The number of carbonyl (C=O) groups excluding carboxylic acids is 1. The molecule has 2 aromatic carbocycles. The third-order valence-corrected chi connectivity index (χ3v) is 5.17. The lowest BCUT2D eigenvalue weighted by atomic mass is 10.2. The molecule has 29 heavy (non-hydrogen) atoms. The van der Waals surface area contributed by atoms with Crippen LogP contribution in [0.15, 0.2) is 66.9 Å². The Balaban J connectivity index is 1.38. The molecular formula is C23H25N5O. The lowest BCUT2D eigenvalue weighted by Gasteiger charge is -2.34. The highest BCUT2D eigenvalue weighted by Crippen LogP contribution is 2.16. The number of para-hydroxylation sites is 1. The average Bonchev–Trinajstić information content (AvgIpc) is 2.77. The van der Waals surface area contributed by atoms with Crippen molar-refractivity contribution >= 4 is 17.5 Å². The highest BCUT2D eigenvalue weighted by atomic mass is 16.1. The van der Waals surface area contributed by atoms with Gasteiger partial charge in [-0.05, 0) is 30.2 Å². The van der Waals surface area contributed by atoms with Crippen LogP contribution in [-0.2, 0) is 6.54 Å². The van der Waals surface area contributed by atoms with E-state index in [0.29, 0.717) is 11.6 Å². The van der Waals surface area contributed by atoms with Gasteiger partial charge in [0.25, 0.3) is 5.91 Å². The lowest BCUT2D eigenvalue weighted by Crippen LogP contribution is -2.46. The third kappa shape index (κ3) is 4.78. The van der Waals surface area contributed by atoms with E-state index < -0.39 is 0 Å². The van der Waals surface area contributed by atoms with Crippen LogP contribution in [0.2, 0.25) is 0 Å². The second-order valence-electron chi connectivity index (χ2n) is 7.26. The largest absolute Gasteiger partial charge is 0.338 e. The maximum absolute atomic E-state index is 12.6. The van der Waals surface area contributed by atoms with Crippen molar-refractivity contribution in [1.82, 2.24) is 14.9 Å². The second-order valence-corrected chi connectivity index (χ2v) is 7.26. The van der Waals surface area contributed by atoms with Crippen LogP contribution >= 0.6 is 0 Å². The molecule has 2 heterocycles. The summed E-state index contributed by atoms with van der Waals surface area (Å²) in [6, 6.07) is 19.9. The minimum absolute atomic E-state index is 0.217. The molecule has 1 saturated heterocycles. The molecule has 0 unspecified atom stereocenters. The van der Waals surface area contributed by atoms with E-state index in [1.807, 2.05) is 37.3 Å². The van der Waals surface area contributed by atoms with Crippen LogP contribution in [0.4, 0.5) is 11.6 Å². The SMILES string of the molecule is Cc1ccccc1NC(=O)c1ccnc(N2CCN(Cc3ccccc3)CC2)n1. The van der Waals surface area contributed by atoms with Crippen LogP contribution in [0.3, 0.4) is 0 Å². The second kappa shape index (κ2) is 8.84. The normalized spacial score (nSPS) is 14.6. The number of benzene rings is 2. The van der Waals surface area contributed by atoms with Crippen LogP contribution in [0, 0.1) is 6.92 Å². The van der Waals surface area contributed by atoms with Gasteiger partial charge in [-0.1, -0.05) is 48.5 Å². The number of piperazine rings is 1. The fourth-order valence-corrected chi connectivity index (χ4v) is 3.47. The summed E-state index contributed by atoms with van der Waals surface area (Å²) >= 11 is 0. The minimum atomic E-state index is -0.217. The zero-order chi connectivity index (χ0) is 20.1. The molecule has 0 saturated carbocycles. The quantitative estimate of drug-likeness (QED) is 0.727. The Labute approximate surface area is 171 Å². The van der Waals surface area contributed by atoms with Gasteiger partial charge in [-0.15, -0.1) is 0 Å². The molecule has 1 aliphatic heterocycles. The summed E-state index contributed by atoms with van der Waals surface area (Å²) < 4.78 is 0. The van der Waals surface area contributed by atoms with E-state index in [-0.39, 0.29) is 5.91 Å². The summed E-state index contributed by atoms with van der Waals surface area (Å²) in [5, 5.41) is 2.94. The van der Waals surface area contributed by atoms with Crippen LogP contribution in [0.1, 0.15) is 21.6 Å². The number of carbonyl (C=O) groups is 1. The third-order valence-electron chi connectivity index (χ3n) is 5.17. The van der Waals surface area contributed by atoms with Gasteiger partial charge in [-0.2, -0.15) is 0 Å². The number of nitrogens with one attached hydrogen (secondary N) is 1. The van der Waals surface area contributed by atoms with Crippen molar-refractivity contribution in [2.75, 3.05) is 36.4 Å². The molecule has 1 amide bonds. The molecule has 1 fully saturated rings. The summed E-state index contributed by atoms with van der Waals surface area (Å²) in [5.74, 6) is 0.396. The fraction of sp³-hybridized carbons (Fsp3) is 0.261.